The lowest BCUT2D eigenvalue weighted by Gasteiger charge is -1.99. The first kappa shape index (κ1) is 9.06. The third kappa shape index (κ3) is 2.23. The lowest BCUT2D eigenvalue weighted by molar-refractivity contribution is -0.136. The molecule has 66 valence electrons. The van der Waals surface area contributed by atoms with Crippen molar-refractivity contribution in [2.75, 3.05) is 7.11 Å². The maximum Gasteiger partial charge on any atom is 0.303 e. The molecule has 0 amide bonds. The molecule has 1 rings (SSSR count). The Morgan fingerprint density at radius 2 is 2.42 bits per heavy atom. The highest BCUT2D eigenvalue weighted by Crippen LogP contribution is 2.24. The van der Waals surface area contributed by atoms with E-state index < -0.39 is 5.97 Å². The van der Waals surface area contributed by atoms with Crippen LogP contribution in [0, 0.1) is 0 Å². The van der Waals surface area contributed by atoms with Crippen molar-refractivity contribution in [3.05, 3.63) is 16.3 Å². The van der Waals surface area contributed by atoms with Gasteiger partial charge in [0.05, 0.1) is 7.11 Å². The lowest BCUT2D eigenvalue weighted by Crippen LogP contribution is -1.97. The van der Waals surface area contributed by atoms with E-state index in [9.17, 15) is 4.79 Å². The molecule has 0 aliphatic carbocycles. The molecule has 0 aliphatic heterocycles. The molecule has 0 aliphatic rings. The van der Waals surface area contributed by atoms with Crippen molar-refractivity contribution in [1.82, 2.24) is 0 Å². The van der Waals surface area contributed by atoms with Crippen molar-refractivity contribution >= 4 is 17.3 Å². The molecule has 1 aromatic heterocycles. The molecule has 12 heavy (non-hydrogen) atoms. The van der Waals surface area contributed by atoms with Crippen LogP contribution in [0.15, 0.2) is 10.8 Å². The van der Waals surface area contributed by atoms with Crippen LogP contribution in [0.3, 0.4) is 0 Å². The average molecular weight is 186 g/mol. The van der Waals surface area contributed by atoms with Gasteiger partial charge < -0.3 is 9.84 Å². The van der Waals surface area contributed by atoms with Crippen LogP contribution in [-0.2, 0) is 11.2 Å². The van der Waals surface area contributed by atoms with Crippen LogP contribution in [0.5, 0.6) is 5.75 Å². The topological polar surface area (TPSA) is 46.5 Å². The van der Waals surface area contributed by atoms with Gasteiger partial charge in [0.1, 0.15) is 5.75 Å². The highest BCUT2D eigenvalue weighted by Gasteiger charge is 2.05. The van der Waals surface area contributed by atoms with E-state index in [0.29, 0.717) is 6.42 Å². The molecule has 1 heterocycles. The molecule has 4 heteroatoms. The Morgan fingerprint density at radius 3 is 3.00 bits per heavy atom. The molecule has 0 aromatic carbocycles. The summed E-state index contributed by atoms with van der Waals surface area (Å²) >= 11 is 1.52. The number of ether oxygens (including phenoxy) is 1. The lowest BCUT2D eigenvalue weighted by atomic mass is 10.2. The molecular weight excluding hydrogens is 176 g/mol. The van der Waals surface area contributed by atoms with Gasteiger partial charge in [-0.3, -0.25) is 4.79 Å². The standard InChI is InChI=1S/C8H10O3S/c1-11-7-5-12-4-6(7)2-3-8(9)10/h4-5H,2-3H2,1H3,(H,9,10). The van der Waals surface area contributed by atoms with Gasteiger partial charge in [-0.1, -0.05) is 0 Å². The Balaban J connectivity index is 2.56. The highest BCUT2D eigenvalue weighted by molar-refractivity contribution is 7.08. The van der Waals surface area contributed by atoms with E-state index in [1.54, 1.807) is 7.11 Å². The quantitative estimate of drug-likeness (QED) is 0.779. The van der Waals surface area contributed by atoms with Crippen LogP contribution in [0.25, 0.3) is 0 Å². The third-order valence-corrected chi connectivity index (χ3v) is 2.30. The van der Waals surface area contributed by atoms with Crippen LogP contribution < -0.4 is 4.74 Å². The Hall–Kier alpha value is -1.03. The molecule has 0 atom stereocenters. The minimum absolute atomic E-state index is 0.160. The van der Waals surface area contributed by atoms with E-state index in [1.165, 1.54) is 11.3 Å². The zero-order chi connectivity index (χ0) is 8.97. The summed E-state index contributed by atoms with van der Waals surface area (Å²) < 4.78 is 5.04. The minimum Gasteiger partial charge on any atom is -0.496 e. The van der Waals surface area contributed by atoms with Crippen molar-refractivity contribution in [3.63, 3.8) is 0 Å². The molecule has 0 fully saturated rings. The van der Waals surface area contributed by atoms with Gasteiger partial charge in [-0.2, -0.15) is 0 Å². The fraction of sp³-hybridized carbons (Fsp3) is 0.375. The van der Waals surface area contributed by atoms with Crippen LogP contribution in [0.2, 0.25) is 0 Å². The monoisotopic (exact) mass is 186 g/mol. The van der Waals surface area contributed by atoms with E-state index in [2.05, 4.69) is 0 Å². The molecule has 1 aromatic rings. The summed E-state index contributed by atoms with van der Waals surface area (Å²) in [5.41, 5.74) is 0.977. The Labute approximate surface area is 74.6 Å². The summed E-state index contributed by atoms with van der Waals surface area (Å²) in [6.45, 7) is 0. The molecule has 1 N–H and O–H groups in total. The Morgan fingerprint density at radius 1 is 1.67 bits per heavy atom. The van der Waals surface area contributed by atoms with E-state index >= 15 is 0 Å². The second kappa shape index (κ2) is 4.11. The van der Waals surface area contributed by atoms with Crippen molar-refractivity contribution in [1.29, 1.82) is 0 Å². The van der Waals surface area contributed by atoms with Crippen molar-refractivity contribution in [3.8, 4) is 5.75 Å². The number of carbonyl (C=O) groups is 1. The SMILES string of the molecule is COc1cscc1CCC(=O)O. The molecule has 0 unspecified atom stereocenters. The summed E-state index contributed by atoms with van der Waals surface area (Å²) in [5, 5.41) is 12.2. The van der Waals surface area contributed by atoms with Gasteiger partial charge in [0.25, 0.3) is 0 Å². The number of hydrogen-bond donors (Lipinski definition) is 1. The normalized spacial score (nSPS) is 9.75. The number of thiophene rings is 1. The summed E-state index contributed by atoms with van der Waals surface area (Å²) in [6.07, 6.45) is 0.703. The number of rotatable bonds is 4. The highest BCUT2D eigenvalue weighted by atomic mass is 32.1. The number of methoxy groups -OCH3 is 1. The van der Waals surface area contributed by atoms with Crippen molar-refractivity contribution in [2.45, 2.75) is 12.8 Å². The van der Waals surface area contributed by atoms with Gasteiger partial charge in [-0.25, -0.2) is 0 Å². The summed E-state index contributed by atoms with van der Waals surface area (Å²) in [5.74, 6) is 0.0181. The molecule has 0 spiro atoms. The largest absolute Gasteiger partial charge is 0.496 e. The van der Waals surface area contributed by atoms with Gasteiger partial charge in [0, 0.05) is 17.4 Å². The van der Waals surface area contributed by atoms with E-state index in [4.69, 9.17) is 9.84 Å². The zero-order valence-electron chi connectivity index (χ0n) is 6.74. The summed E-state index contributed by atoms with van der Waals surface area (Å²) in [4.78, 5) is 10.3. The number of carboxylic acid groups (broad SMARTS) is 1. The second-order valence-electron chi connectivity index (χ2n) is 2.36. The minimum atomic E-state index is -0.775. The fourth-order valence-electron chi connectivity index (χ4n) is 0.915. The van der Waals surface area contributed by atoms with Gasteiger partial charge in [-0.15, -0.1) is 11.3 Å². The zero-order valence-corrected chi connectivity index (χ0v) is 7.56. The fourth-order valence-corrected chi connectivity index (χ4v) is 1.75. The van der Waals surface area contributed by atoms with E-state index in [0.717, 1.165) is 11.3 Å². The number of aliphatic carboxylic acids is 1. The number of aryl methyl sites for hydroxylation is 1. The molecule has 3 nitrogen and oxygen atoms in total. The maximum absolute atomic E-state index is 10.3. The summed E-state index contributed by atoms with van der Waals surface area (Å²) in [7, 11) is 1.59. The smallest absolute Gasteiger partial charge is 0.303 e. The predicted molar refractivity (Wildman–Crippen MR) is 46.8 cm³/mol. The first-order valence-corrected chi connectivity index (χ1v) is 4.49. The van der Waals surface area contributed by atoms with E-state index in [1.807, 2.05) is 10.8 Å². The van der Waals surface area contributed by atoms with Crippen molar-refractivity contribution in [2.24, 2.45) is 0 Å². The van der Waals surface area contributed by atoms with Crippen molar-refractivity contribution < 1.29 is 14.6 Å². The molecule has 0 saturated heterocycles. The van der Waals surface area contributed by atoms with Crippen LogP contribution in [0.1, 0.15) is 12.0 Å². The molecular formula is C8H10O3S. The first-order valence-electron chi connectivity index (χ1n) is 3.55. The third-order valence-electron chi connectivity index (χ3n) is 1.53. The molecule has 0 radical (unpaired) electrons. The summed E-state index contributed by atoms with van der Waals surface area (Å²) in [6, 6.07) is 0. The first-order chi connectivity index (χ1) is 5.74. The van der Waals surface area contributed by atoms with Gasteiger partial charge in [-0.05, 0) is 11.8 Å². The van der Waals surface area contributed by atoms with E-state index in [-0.39, 0.29) is 6.42 Å². The second-order valence-corrected chi connectivity index (χ2v) is 3.10. The van der Waals surface area contributed by atoms with Gasteiger partial charge in [0.2, 0.25) is 0 Å². The van der Waals surface area contributed by atoms with Crippen LogP contribution in [-0.4, -0.2) is 18.2 Å². The van der Waals surface area contributed by atoms with Crippen LogP contribution in [0.4, 0.5) is 0 Å². The van der Waals surface area contributed by atoms with Gasteiger partial charge >= 0.3 is 5.97 Å². The Bertz CT molecular complexity index is 267. The predicted octanol–water partition coefficient (Wildman–Crippen LogP) is 1.77. The maximum atomic E-state index is 10.3. The molecule has 0 bridgehead atoms. The molecule has 0 saturated carbocycles. The average Bonchev–Trinajstić information content (AvgIpc) is 2.47. The van der Waals surface area contributed by atoms with Gasteiger partial charge in [0.15, 0.2) is 0 Å². The van der Waals surface area contributed by atoms with Crippen LogP contribution >= 0.6 is 11.3 Å². The Kier molecular flexibility index (Phi) is 3.10. The number of carboxylic acids is 1. The number of hydrogen-bond acceptors (Lipinski definition) is 3.